The van der Waals surface area contributed by atoms with Crippen LogP contribution in [0.4, 0.5) is 0 Å². The molecule has 0 N–H and O–H groups in total. The molecule has 3 saturated carbocycles. The van der Waals surface area contributed by atoms with Gasteiger partial charge in [0.05, 0.1) is 0 Å². The minimum Gasteiger partial charge on any atom is -0.0654 e. The first-order valence-corrected chi connectivity index (χ1v) is 9.07. The Kier molecular flexibility index (Phi) is 2.88. The molecule has 3 aliphatic carbocycles. The van der Waals surface area contributed by atoms with Crippen molar-refractivity contribution in [2.45, 2.75) is 77.4 Å². The standard InChI is InChI=1S/C18H31B/c1-11-15(9-12-10-16(11)18(12,2)3)14-8-7-13-5-4-6-17(14)19-13/h11-17,19H,4-10H2,1-3H3/t11?,12?,13?,14?,15?,16-,17?/m0/s1. The molecule has 6 unspecified atom stereocenters. The third kappa shape index (κ3) is 1.79. The van der Waals surface area contributed by atoms with Crippen LogP contribution >= 0.6 is 0 Å². The van der Waals surface area contributed by atoms with E-state index in [0.29, 0.717) is 5.41 Å². The number of hydrogen-bond acceptors (Lipinski definition) is 0. The van der Waals surface area contributed by atoms with Crippen molar-refractivity contribution < 1.29 is 0 Å². The average Bonchev–Trinajstić information content (AvgIpc) is 2.39. The molecule has 2 saturated heterocycles. The molecule has 106 valence electrons. The third-order valence-electron chi connectivity index (χ3n) is 8.30. The maximum atomic E-state index is 2.61. The Morgan fingerprint density at radius 1 is 0.947 bits per heavy atom. The highest BCUT2D eigenvalue weighted by Crippen LogP contribution is 2.66. The van der Waals surface area contributed by atoms with E-state index < -0.39 is 0 Å². The van der Waals surface area contributed by atoms with E-state index >= 15 is 0 Å². The number of fused-ring (bicyclic) bond motifs is 4. The van der Waals surface area contributed by atoms with Gasteiger partial charge in [-0.2, -0.15) is 0 Å². The van der Waals surface area contributed by atoms with Crippen LogP contribution < -0.4 is 0 Å². The molecule has 0 aromatic carbocycles. The average molecular weight is 258 g/mol. The lowest BCUT2D eigenvalue weighted by Crippen LogP contribution is -2.56. The van der Waals surface area contributed by atoms with E-state index in [0.717, 1.165) is 41.2 Å². The van der Waals surface area contributed by atoms with Crippen molar-refractivity contribution >= 4 is 7.28 Å². The van der Waals surface area contributed by atoms with E-state index in [4.69, 9.17) is 0 Å². The molecular weight excluding hydrogens is 227 g/mol. The summed E-state index contributed by atoms with van der Waals surface area (Å²) in [5.74, 6) is 7.61. The van der Waals surface area contributed by atoms with Gasteiger partial charge >= 0.3 is 0 Å². The van der Waals surface area contributed by atoms with Crippen molar-refractivity contribution in [1.29, 1.82) is 0 Å². The summed E-state index contributed by atoms with van der Waals surface area (Å²) in [6.07, 6.45) is 11.0. The Morgan fingerprint density at radius 3 is 2.53 bits per heavy atom. The van der Waals surface area contributed by atoms with E-state index in [9.17, 15) is 0 Å². The summed E-state index contributed by atoms with van der Waals surface area (Å²) in [4.78, 5) is 0. The molecule has 2 aliphatic heterocycles. The van der Waals surface area contributed by atoms with Crippen LogP contribution in [0.15, 0.2) is 0 Å². The maximum Gasteiger partial charge on any atom is 0.127 e. The van der Waals surface area contributed by atoms with Gasteiger partial charge < -0.3 is 0 Å². The van der Waals surface area contributed by atoms with Gasteiger partial charge in [-0.15, -0.1) is 0 Å². The first-order chi connectivity index (χ1) is 9.07. The van der Waals surface area contributed by atoms with E-state index in [1.54, 1.807) is 52.2 Å². The molecule has 19 heavy (non-hydrogen) atoms. The Balaban J connectivity index is 1.51. The summed E-state index contributed by atoms with van der Waals surface area (Å²) in [5, 5.41) is 0. The predicted molar refractivity (Wildman–Crippen MR) is 83.9 cm³/mol. The molecule has 0 amide bonds. The Morgan fingerprint density at radius 2 is 1.79 bits per heavy atom. The van der Waals surface area contributed by atoms with Gasteiger partial charge in [0.25, 0.3) is 0 Å². The van der Waals surface area contributed by atoms with Crippen LogP contribution in [0, 0.1) is 35.0 Å². The van der Waals surface area contributed by atoms with Crippen molar-refractivity contribution in [1.82, 2.24) is 0 Å². The second kappa shape index (κ2) is 4.28. The lowest BCUT2D eigenvalue weighted by Gasteiger charge is -2.64. The lowest BCUT2D eigenvalue weighted by molar-refractivity contribution is -0.142. The highest BCUT2D eigenvalue weighted by Gasteiger charge is 2.58. The zero-order valence-corrected chi connectivity index (χ0v) is 13.2. The van der Waals surface area contributed by atoms with Crippen LogP contribution in [0.3, 0.4) is 0 Å². The largest absolute Gasteiger partial charge is 0.127 e. The molecule has 4 bridgehead atoms. The van der Waals surface area contributed by atoms with Crippen LogP contribution in [-0.2, 0) is 0 Å². The smallest absolute Gasteiger partial charge is 0.0654 e. The van der Waals surface area contributed by atoms with Gasteiger partial charge in [-0.1, -0.05) is 64.5 Å². The van der Waals surface area contributed by atoms with Crippen molar-refractivity contribution in [3.05, 3.63) is 0 Å². The molecule has 0 spiro atoms. The van der Waals surface area contributed by atoms with Crippen LogP contribution in [0.25, 0.3) is 0 Å². The van der Waals surface area contributed by atoms with Gasteiger partial charge in [-0.05, 0) is 47.8 Å². The van der Waals surface area contributed by atoms with Gasteiger partial charge in [-0.25, -0.2) is 0 Å². The maximum absolute atomic E-state index is 2.61. The molecule has 2 heterocycles. The van der Waals surface area contributed by atoms with Crippen LogP contribution in [0.2, 0.25) is 11.6 Å². The molecule has 5 aliphatic rings. The second-order valence-corrected chi connectivity index (χ2v) is 9.15. The minimum absolute atomic E-state index is 0.680. The summed E-state index contributed by atoms with van der Waals surface area (Å²) in [5.41, 5.74) is 0.680. The Hall–Kier alpha value is 0.0649. The minimum atomic E-state index is 0.680. The SMILES string of the molecule is CC1C(C2CCC3BC2CCC3)CC2C[C@@H]1C2(C)C. The predicted octanol–water partition coefficient (Wildman–Crippen LogP) is 4.91. The van der Waals surface area contributed by atoms with Gasteiger partial charge in [0.2, 0.25) is 0 Å². The molecular formula is C18H31B. The van der Waals surface area contributed by atoms with Gasteiger partial charge in [0.1, 0.15) is 7.28 Å². The summed E-state index contributed by atoms with van der Waals surface area (Å²) in [6.45, 7) is 7.72. The van der Waals surface area contributed by atoms with Crippen LogP contribution in [0.5, 0.6) is 0 Å². The molecule has 5 rings (SSSR count). The summed E-state index contributed by atoms with van der Waals surface area (Å²) >= 11 is 0. The van der Waals surface area contributed by atoms with Gasteiger partial charge in [0.15, 0.2) is 0 Å². The summed E-state index contributed by atoms with van der Waals surface area (Å²) in [6, 6.07) is 0. The fraction of sp³-hybridized carbons (Fsp3) is 1.00. The first kappa shape index (κ1) is 12.8. The zero-order chi connectivity index (χ0) is 13.2. The number of hydrogen-bond donors (Lipinski definition) is 0. The summed E-state index contributed by atoms with van der Waals surface area (Å²) < 4.78 is 0. The number of rotatable bonds is 1. The van der Waals surface area contributed by atoms with Gasteiger partial charge in [0, 0.05) is 0 Å². The molecule has 5 fully saturated rings. The van der Waals surface area contributed by atoms with Gasteiger partial charge in [-0.3, -0.25) is 0 Å². The molecule has 0 nitrogen and oxygen atoms in total. The van der Waals surface area contributed by atoms with E-state index in [2.05, 4.69) is 20.8 Å². The fourth-order valence-electron chi connectivity index (χ4n) is 6.97. The Labute approximate surface area is 120 Å². The normalized spacial score (nSPS) is 55.0. The van der Waals surface area contributed by atoms with E-state index in [1.165, 1.54) is 0 Å². The van der Waals surface area contributed by atoms with Crippen molar-refractivity contribution in [2.24, 2.45) is 35.0 Å². The van der Waals surface area contributed by atoms with Crippen molar-refractivity contribution in [3.63, 3.8) is 0 Å². The summed E-state index contributed by atoms with van der Waals surface area (Å²) in [7, 11) is 1.60. The quantitative estimate of drug-likeness (QED) is 0.586. The van der Waals surface area contributed by atoms with E-state index in [-0.39, 0.29) is 0 Å². The molecule has 0 aromatic heterocycles. The van der Waals surface area contributed by atoms with Crippen LogP contribution in [-0.4, -0.2) is 7.28 Å². The highest BCUT2D eigenvalue weighted by atomic mass is 14.6. The van der Waals surface area contributed by atoms with Crippen LogP contribution in [0.1, 0.15) is 65.7 Å². The molecule has 1 heteroatoms. The third-order valence-corrected chi connectivity index (χ3v) is 8.30. The van der Waals surface area contributed by atoms with E-state index in [1.807, 2.05) is 0 Å². The first-order valence-electron chi connectivity index (χ1n) is 9.07. The molecule has 0 aromatic rings. The molecule has 7 atom stereocenters. The van der Waals surface area contributed by atoms with Crippen molar-refractivity contribution in [3.8, 4) is 0 Å². The topological polar surface area (TPSA) is 0 Å². The molecule has 0 radical (unpaired) electrons. The monoisotopic (exact) mass is 258 g/mol. The lowest BCUT2D eigenvalue weighted by atomic mass is 9.36. The fourth-order valence-corrected chi connectivity index (χ4v) is 6.97. The second-order valence-electron chi connectivity index (χ2n) is 9.15. The highest BCUT2D eigenvalue weighted by molar-refractivity contribution is 6.40. The zero-order valence-electron chi connectivity index (χ0n) is 13.2. The van der Waals surface area contributed by atoms with Crippen molar-refractivity contribution in [2.75, 3.05) is 0 Å². The Bertz CT molecular complexity index is 361.